The van der Waals surface area contributed by atoms with E-state index >= 15 is 0 Å². The van der Waals surface area contributed by atoms with E-state index in [0.717, 1.165) is 62.1 Å². The number of rotatable bonds is 7. The number of ether oxygens (including phenoxy) is 2. The summed E-state index contributed by atoms with van der Waals surface area (Å²) >= 11 is 0. The first-order chi connectivity index (χ1) is 14.6. The minimum Gasteiger partial charge on any atom is -0.497 e. The van der Waals surface area contributed by atoms with Crippen LogP contribution < -0.4 is 9.47 Å². The van der Waals surface area contributed by atoms with E-state index in [1.54, 1.807) is 25.2 Å². The standard InChI is InChI=1S/C22H31N5O3/c1-29-17-8-9-18(20(13-17)30-2)19-7-6-12-27(19)21(28)14-22(10-4-3-5-11-22)15-26-16-23-24-25-26/h8-9,13,16,19H,3-7,10-12,14-15H2,1-2H3. The van der Waals surface area contributed by atoms with E-state index in [1.807, 2.05) is 18.2 Å². The van der Waals surface area contributed by atoms with Crippen LogP contribution in [0.25, 0.3) is 0 Å². The predicted molar refractivity (Wildman–Crippen MR) is 111 cm³/mol. The van der Waals surface area contributed by atoms with Crippen molar-refractivity contribution in [2.24, 2.45) is 5.41 Å². The van der Waals surface area contributed by atoms with Gasteiger partial charge in [0, 0.05) is 24.6 Å². The van der Waals surface area contributed by atoms with Crippen molar-refractivity contribution in [3.05, 3.63) is 30.1 Å². The van der Waals surface area contributed by atoms with Crippen molar-refractivity contribution in [1.29, 1.82) is 0 Å². The van der Waals surface area contributed by atoms with Crippen LogP contribution in [0.15, 0.2) is 24.5 Å². The lowest BCUT2D eigenvalue weighted by Gasteiger charge is -2.38. The fraction of sp³-hybridized carbons (Fsp3) is 0.636. The van der Waals surface area contributed by atoms with Crippen molar-refractivity contribution in [3.63, 3.8) is 0 Å². The molecule has 1 saturated heterocycles. The number of aromatic nitrogens is 4. The first-order valence-corrected chi connectivity index (χ1v) is 10.9. The molecule has 8 nitrogen and oxygen atoms in total. The van der Waals surface area contributed by atoms with Crippen molar-refractivity contribution >= 4 is 5.91 Å². The maximum absolute atomic E-state index is 13.6. The van der Waals surface area contributed by atoms with Crippen LogP contribution >= 0.6 is 0 Å². The van der Waals surface area contributed by atoms with E-state index in [-0.39, 0.29) is 17.4 Å². The molecular weight excluding hydrogens is 382 g/mol. The van der Waals surface area contributed by atoms with Crippen LogP contribution in [-0.2, 0) is 11.3 Å². The molecule has 2 fully saturated rings. The zero-order chi connectivity index (χ0) is 21.0. The lowest BCUT2D eigenvalue weighted by atomic mass is 9.71. The second-order valence-electron chi connectivity index (χ2n) is 8.60. The molecule has 1 aliphatic heterocycles. The average Bonchev–Trinajstić information content (AvgIpc) is 3.45. The lowest BCUT2D eigenvalue weighted by molar-refractivity contribution is -0.135. The van der Waals surface area contributed by atoms with Gasteiger partial charge >= 0.3 is 0 Å². The molecule has 1 saturated carbocycles. The maximum Gasteiger partial charge on any atom is 0.223 e. The van der Waals surface area contributed by atoms with Crippen LogP contribution in [0.1, 0.15) is 63.0 Å². The zero-order valence-electron chi connectivity index (χ0n) is 17.9. The number of amides is 1. The molecule has 162 valence electrons. The monoisotopic (exact) mass is 413 g/mol. The van der Waals surface area contributed by atoms with E-state index < -0.39 is 0 Å². The van der Waals surface area contributed by atoms with E-state index in [2.05, 4.69) is 20.4 Å². The molecule has 1 atom stereocenters. The highest BCUT2D eigenvalue weighted by Crippen LogP contribution is 2.44. The maximum atomic E-state index is 13.6. The van der Waals surface area contributed by atoms with Gasteiger partial charge in [-0.3, -0.25) is 4.79 Å². The molecule has 30 heavy (non-hydrogen) atoms. The van der Waals surface area contributed by atoms with Gasteiger partial charge in [0.05, 0.1) is 26.8 Å². The molecule has 1 aromatic carbocycles. The highest BCUT2D eigenvalue weighted by molar-refractivity contribution is 5.78. The number of hydrogen-bond acceptors (Lipinski definition) is 6. The number of carbonyl (C=O) groups is 1. The van der Waals surface area contributed by atoms with Gasteiger partial charge in [0.1, 0.15) is 17.8 Å². The van der Waals surface area contributed by atoms with Gasteiger partial charge in [-0.25, -0.2) is 4.68 Å². The topological polar surface area (TPSA) is 82.4 Å². The van der Waals surface area contributed by atoms with Crippen molar-refractivity contribution in [2.45, 2.75) is 64.0 Å². The Hall–Kier alpha value is -2.64. The van der Waals surface area contributed by atoms with Crippen LogP contribution in [-0.4, -0.2) is 51.8 Å². The Morgan fingerprint density at radius 1 is 1.17 bits per heavy atom. The molecule has 0 spiro atoms. The van der Waals surface area contributed by atoms with Crippen molar-refractivity contribution < 1.29 is 14.3 Å². The highest BCUT2D eigenvalue weighted by atomic mass is 16.5. The summed E-state index contributed by atoms with van der Waals surface area (Å²) in [6, 6.07) is 5.92. The number of hydrogen-bond donors (Lipinski definition) is 0. The summed E-state index contributed by atoms with van der Waals surface area (Å²) in [6.45, 7) is 1.50. The van der Waals surface area contributed by atoms with Gasteiger partial charge in [-0.15, -0.1) is 5.10 Å². The van der Waals surface area contributed by atoms with E-state index in [9.17, 15) is 4.79 Å². The van der Waals surface area contributed by atoms with Crippen molar-refractivity contribution in [2.75, 3.05) is 20.8 Å². The molecule has 2 heterocycles. The van der Waals surface area contributed by atoms with Crippen LogP contribution in [0.3, 0.4) is 0 Å². The first-order valence-electron chi connectivity index (χ1n) is 10.9. The third-order valence-corrected chi connectivity index (χ3v) is 6.70. The molecule has 0 radical (unpaired) electrons. The molecule has 2 aromatic rings. The Balaban J connectivity index is 1.54. The predicted octanol–water partition coefficient (Wildman–Crippen LogP) is 3.39. The smallest absolute Gasteiger partial charge is 0.223 e. The Morgan fingerprint density at radius 2 is 2.00 bits per heavy atom. The molecule has 1 unspecified atom stereocenters. The number of tetrazole rings is 1. The molecule has 0 N–H and O–H groups in total. The van der Waals surface area contributed by atoms with Gasteiger partial charge < -0.3 is 14.4 Å². The van der Waals surface area contributed by atoms with Gasteiger partial charge in [0.15, 0.2) is 0 Å². The molecular formula is C22H31N5O3. The summed E-state index contributed by atoms with van der Waals surface area (Å²) in [5.41, 5.74) is 0.990. The minimum absolute atomic E-state index is 0.0482. The number of likely N-dealkylation sites (tertiary alicyclic amines) is 1. The zero-order valence-corrected chi connectivity index (χ0v) is 17.9. The Bertz CT molecular complexity index is 848. The van der Waals surface area contributed by atoms with Crippen LogP contribution in [0.4, 0.5) is 0 Å². The van der Waals surface area contributed by atoms with Crippen LogP contribution in [0, 0.1) is 5.41 Å². The largest absolute Gasteiger partial charge is 0.497 e. The number of carbonyl (C=O) groups excluding carboxylic acids is 1. The third-order valence-electron chi connectivity index (χ3n) is 6.70. The quantitative estimate of drug-likeness (QED) is 0.692. The third kappa shape index (κ3) is 4.27. The Morgan fingerprint density at radius 3 is 2.70 bits per heavy atom. The summed E-state index contributed by atoms with van der Waals surface area (Å²) < 4.78 is 12.7. The van der Waals surface area contributed by atoms with E-state index in [4.69, 9.17) is 9.47 Å². The van der Waals surface area contributed by atoms with Gasteiger partial charge in [0.2, 0.25) is 5.91 Å². The van der Waals surface area contributed by atoms with Gasteiger partial charge in [-0.05, 0) is 53.7 Å². The molecule has 8 heteroatoms. The summed E-state index contributed by atoms with van der Waals surface area (Å²) in [5, 5.41) is 11.6. The molecule has 4 rings (SSSR count). The minimum atomic E-state index is -0.0676. The summed E-state index contributed by atoms with van der Waals surface area (Å²) in [6.07, 6.45) is 9.80. The first kappa shape index (κ1) is 20.6. The molecule has 0 bridgehead atoms. The number of methoxy groups -OCH3 is 2. The van der Waals surface area contributed by atoms with Gasteiger partial charge in [-0.1, -0.05) is 19.3 Å². The van der Waals surface area contributed by atoms with Crippen molar-refractivity contribution in [1.82, 2.24) is 25.1 Å². The average molecular weight is 414 g/mol. The van der Waals surface area contributed by atoms with Gasteiger partial charge in [-0.2, -0.15) is 0 Å². The van der Waals surface area contributed by atoms with E-state index in [0.29, 0.717) is 13.0 Å². The number of nitrogens with zero attached hydrogens (tertiary/aromatic N) is 5. The highest BCUT2D eigenvalue weighted by Gasteiger charge is 2.39. The fourth-order valence-electron chi connectivity index (χ4n) is 5.19. The lowest BCUT2D eigenvalue weighted by Crippen LogP contribution is -2.39. The second-order valence-corrected chi connectivity index (χ2v) is 8.60. The van der Waals surface area contributed by atoms with Gasteiger partial charge in [0.25, 0.3) is 0 Å². The molecule has 1 aliphatic carbocycles. The summed E-state index contributed by atoms with van der Waals surface area (Å²) in [4.78, 5) is 15.6. The van der Waals surface area contributed by atoms with Crippen LogP contribution in [0.5, 0.6) is 11.5 Å². The Labute approximate surface area is 177 Å². The van der Waals surface area contributed by atoms with E-state index in [1.165, 1.54) is 6.42 Å². The number of benzene rings is 1. The summed E-state index contributed by atoms with van der Waals surface area (Å²) in [7, 11) is 3.32. The molecule has 2 aliphatic rings. The van der Waals surface area contributed by atoms with Crippen molar-refractivity contribution in [3.8, 4) is 11.5 Å². The second kappa shape index (κ2) is 9.02. The fourth-order valence-corrected chi connectivity index (χ4v) is 5.19. The normalized spacial score (nSPS) is 20.9. The van der Waals surface area contributed by atoms with Crippen LogP contribution in [0.2, 0.25) is 0 Å². The Kier molecular flexibility index (Phi) is 6.20. The SMILES string of the molecule is COc1ccc(C2CCCN2C(=O)CC2(Cn3cnnn3)CCCCC2)c(OC)c1. The molecule has 1 amide bonds. The molecule has 1 aromatic heterocycles. The summed E-state index contributed by atoms with van der Waals surface area (Å²) in [5.74, 6) is 1.76.